The van der Waals surface area contributed by atoms with Crippen LogP contribution in [-0.4, -0.2) is 133 Å². The largest absolute Gasteiger partial charge is 0.347 e. The molecule has 3 aliphatic rings. The van der Waals surface area contributed by atoms with Crippen LogP contribution in [0.2, 0.25) is 19.1 Å². The summed E-state index contributed by atoms with van der Waals surface area (Å²) >= 11 is 0. The van der Waals surface area contributed by atoms with Gasteiger partial charge in [-0.1, -0.05) is 103 Å². The molecule has 76 heavy (non-hydrogen) atoms. The third-order valence-corrected chi connectivity index (χ3v) is 18.1. The molecule has 7 unspecified atom stereocenters. The van der Waals surface area contributed by atoms with Crippen molar-refractivity contribution < 1.29 is 42.3 Å². The minimum atomic E-state index is -2.25. The Balaban J connectivity index is 1.26. The minimum Gasteiger partial charge on any atom is -0.347 e. The zero-order chi connectivity index (χ0) is 56.2. The molecule has 0 radical (unpaired) electrons. The Morgan fingerprint density at radius 3 is 1.89 bits per heavy atom. The third-order valence-electron chi connectivity index (χ3n) is 15.4. The average molecular weight is 1070 g/mol. The van der Waals surface area contributed by atoms with Gasteiger partial charge in [-0.25, -0.2) is 8.78 Å². The Labute approximate surface area is 448 Å². The lowest BCUT2D eigenvalue weighted by Gasteiger charge is -2.38. The summed E-state index contributed by atoms with van der Waals surface area (Å²) in [5.41, 5.74) is 1.46. The molecular weight excluding hydrogens is 989 g/mol. The van der Waals surface area contributed by atoms with E-state index in [1.807, 2.05) is 59.7 Å². The molecule has 0 spiro atoms. The van der Waals surface area contributed by atoms with E-state index in [2.05, 4.69) is 51.1 Å². The fourth-order valence-corrected chi connectivity index (χ4v) is 13.5. The van der Waals surface area contributed by atoms with Crippen molar-refractivity contribution in [1.82, 2.24) is 46.6 Å². The van der Waals surface area contributed by atoms with E-state index in [9.17, 15) is 33.2 Å². The minimum absolute atomic E-state index is 0.00405. The zero-order valence-corrected chi connectivity index (χ0v) is 47.7. The maximum atomic E-state index is 15.6. The molecule has 2 fully saturated rings. The van der Waals surface area contributed by atoms with Crippen LogP contribution < -0.4 is 31.9 Å². The predicted molar refractivity (Wildman–Crippen MR) is 291 cm³/mol. The number of fused-ring (bicyclic) bond motifs is 1. The van der Waals surface area contributed by atoms with E-state index in [-0.39, 0.29) is 54.4 Å². The summed E-state index contributed by atoms with van der Waals surface area (Å²) in [5.74, 6) is -5.08. The number of likely N-dealkylation sites (N-methyl/N-ethyl adjacent to an activating group) is 2. The number of benzene rings is 3. The first-order chi connectivity index (χ1) is 35.6. The summed E-state index contributed by atoms with van der Waals surface area (Å²) < 4.78 is 30.5. The molecule has 2 heterocycles. The first-order valence-electron chi connectivity index (χ1n) is 26.6. The number of hydrogen-bond acceptors (Lipinski definition) is 9. The molecule has 414 valence electrons. The highest BCUT2D eigenvalue weighted by Gasteiger charge is 2.51. The van der Waals surface area contributed by atoms with Crippen LogP contribution >= 0.6 is 0 Å². The maximum absolute atomic E-state index is 15.6. The van der Waals surface area contributed by atoms with Gasteiger partial charge in [-0.3, -0.25) is 33.6 Å². The molecule has 0 aromatic heterocycles. The summed E-state index contributed by atoms with van der Waals surface area (Å²) in [6.45, 7) is 20.1. The molecular formula is C57H81F2N9O7Si. The van der Waals surface area contributed by atoms with Crippen LogP contribution in [0.3, 0.4) is 0 Å². The van der Waals surface area contributed by atoms with Gasteiger partial charge in [0.2, 0.25) is 35.4 Å². The lowest BCUT2D eigenvalue weighted by molar-refractivity contribution is -0.148. The molecule has 16 nitrogen and oxygen atoms in total. The molecule has 3 aromatic carbocycles. The van der Waals surface area contributed by atoms with Crippen molar-refractivity contribution in [2.75, 3.05) is 26.8 Å². The number of amides is 7. The number of nitrogens with one attached hydrogen (secondary N) is 6. The first-order valence-corrected chi connectivity index (χ1v) is 30.1. The van der Waals surface area contributed by atoms with Crippen molar-refractivity contribution in [2.45, 2.75) is 168 Å². The van der Waals surface area contributed by atoms with Gasteiger partial charge in [0.15, 0.2) is 11.6 Å². The second-order valence-electron chi connectivity index (χ2n) is 24.0. The Kier molecular flexibility index (Phi) is 18.8. The Morgan fingerprint density at radius 2 is 1.32 bits per heavy atom. The highest BCUT2D eigenvalue weighted by Crippen LogP contribution is 2.36. The second kappa shape index (κ2) is 24.1. The summed E-state index contributed by atoms with van der Waals surface area (Å²) in [6, 6.07) is 11.7. The van der Waals surface area contributed by atoms with Crippen molar-refractivity contribution in [2.24, 2.45) is 10.8 Å². The normalized spacial score (nSPS) is 21.3. The number of aryl methyl sites for hydroxylation is 1. The van der Waals surface area contributed by atoms with Gasteiger partial charge >= 0.3 is 0 Å². The van der Waals surface area contributed by atoms with Gasteiger partial charge in [0.25, 0.3) is 5.91 Å². The Bertz CT molecular complexity index is 2640. The number of carbonyl (C=O) groups is 7. The molecule has 3 aromatic rings. The lowest BCUT2D eigenvalue weighted by Crippen LogP contribution is -2.60. The molecule has 2 saturated heterocycles. The number of rotatable bonds is 17. The highest BCUT2D eigenvalue weighted by atomic mass is 28.3. The number of likely N-dealkylation sites (tertiary alicyclic amines) is 1. The van der Waals surface area contributed by atoms with E-state index in [1.54, 1.807) is 64.0 Å². The summed E-state index contributed by atoms with van der Waals surface area (Å²) in [5, 5.41) is 17.9. The zero-order valence-electron chi connectivity index (χ0n) is 46.7. The quantitative estimate of drug-likeness (QED) is 0.0921. The number of hydrogen-bond donors (Lipinski definition) is 6. The molecule has 2 aliphatic heterocycles. The maximum Gasteiger partial charge on any atom is 0.251 e. The number of carbonyl (C=O) groups excluding carboxylic acids is 7. The van der Waals surface area contributed by atoms with E-state index in [0.29, 0.717) is 17.8 Å². The van der Waals surface area contributed by atoms with Crippen LogP contribution in [0.5, 0.6) is 0 Å². The Hall–Kier alpha value is -6.05. The van der Waals surface area contributed by atoms with E-state index >= 15 is 9.18 Å². The van der Waals surface area contributed by atoms with Gasteiger partial charge in [0, 0.05) is 36.4 Å². The summed E-state index contributed by atoms with van der Waals surface area (Å²) in [6.07, 6.45) is 2.95. The average Bonchev–Trinajstić information content (AvgIpc) is 3.96. The topological polar surface area (TPSA) is 201 Å². The van der Waals surface area contributed by atoms with E-state index < -0.39 is 103 Å². The van der Waals surface area contributed by atoms with E-state index in [4.69, 9.17) is 0 Å². The smallest absolute Gasteiger partial charge is 0.251 e. The molecule has 7 amide bonds. The molecule has 1 aliphatic carbocycles. The van der Waals surface area contributed by atoms with Crippen LogP contribution in [0.1, 0.15) is 126 Å². The van der Waals surface area contributed by atoms with Crippen LogP contribution in [0, 0.1) is 22.5 Å². The van der Waals surface area contributed by atoms with Crippen molar-refractivity contribution in [3.63, 3.8) is 0 Å². The molecule has 6 N–H and O–H groups in total. The lowest BCUT2D eigenvalue weighted by atomic mass is 9.85. The molecule has 6 rings (SSSR count). The van der Waals surface area contributed by atoms with Crippen LogP contribution in [0.4, 0.5) is 8.78 Å². The van der Waals surface area contributed by atoms with Crippen LogP contribution in [0.25, 0.3) is 0 Å². The van der Waals surface area contributed by atoms with Crippen molar-refractivity contribution in [3.8, 4) is 0 Å². The molecule has 19 heteroatoms. The van der Waals surface area contributed by atoms with Crippen LogP contribution in [-0.2, 0) is 41.7 Å². The van der Waals surface area contributed by atoms with Gasteiger partial charge in [0.1, 0.15) is 24.2 Å². The van der Waals surface area contributed by atoms with Crippen LogP contribution in [0.15, 0.2) is 66.7 Å². The van der Waals surface area contributed by atoms with Gasteiger partial charge < -0.3 is 46.6 Å². The molecule has 9 atom stereocenters. The van der Waals surface area contributed by atoms with E-state index in [1.165, 1.54) is 21.9 Å². The van der Waals surface area contributed by atoms with Gasteiger partial charge in [0.05, 0.1) is 32.2 Å². The fourth-order valence-electron chi connectivity index (χ4n) is 10.6. The number of nitrogens with zero attached hydrogens (tertiary/aromatic N) is 3. The molecule has 0 saturated carbocycles. The fraction of sp³-hybridized carbons (Fsp3) is 0.561. The standard InChI is InChI=1S/C57H81F2N9O7Si/c1-33(60-10)49(69)64-47(56(4,5)6)54(74)67-30-39(28-44(67)52(72)63-43-23-16-19-37-18-14-15-20-41(37)43)62-51(71)38-26-24-36(25-27-38)29-66(35(3)40-21-17-22-42(58)46(40)59)53(73)45-31-76(12,13)32-68(45)55(75)48(57(7,8)9)65-50(70)34(2)61-11/h14-15,17-18,20-22,24-27,33-35,39,43-45,47-48,60-61H,16,19,23,28-32H2,1-13H3,(H,62,71)(H,63,72)(H,64,69)(H,65,70)/t33-,34-,35?,39?,43?,44?,45?,47?,48?/m0/s1. The molecule has 0 bridgehead atoms. The third kappa shape index (κ3) is 13.7. The van der Waals surface area contributed by atoms with E-state index in [0.717, 1.165) is 36.5 Å². The van der Waals surface area contributed by atoms with Gasteiger partial charge in [-0.15, -0.1) is 0 Å². The summed E-state index contributed by atoms with van der Waals surface area (Å²) in [7, 11) is 1.04. The van der Waals surface area contributed by atoms with Crippen molar-refractivity contribution in [1.29, 1.82) is 0 Å². The Morgan fingerprint density at radius 1 is 0.737 bits per heavy atom. The highest BCUT2D eigenvalue weighted by molar-refractivity contribution is 6.79. The SMILES string of the molecule is CN[C@@H](C)C(=O)NC(C(=O)N1CC(NC(=O)c2ccc(CN(C(=O)C3C[Si](C)(C)CN3C(=O)C(NC(=O)[C@H](C)NC)C(C)(C)C)C(C)c3cccc(F)c3F)cc2)CC1C(=O)NC1CCCc2ccccc21)C(C)(C)C. The predicted octanol–water partition coefficient (Wildman–Crippen LogP) is 5.68. The summed E-state index contributed by atoms with van der Waals surface area (Å²) in [4.78, 5) is 104. The van der Waals surface area contributed by atoms with Gasteiger partial charge in [-0.05, 0) is 112 Å². The second-order valence-corrected chi connectivity index (χ2v) is 29.1. The van der Waals surface area contributed by atoms with Gasteiger partial charge in [-0.2, -0.15) is 0 Å². The van der Waals surface area contributed by atoms with Crippen molar-refractivity contribution in [3.05, 3.63) is 106 Å². The number of halogens is 2. The monoisotopic (exact) mass is 1070 g/mol. The first kappa shape index (κ1) is 59.2. The van der Waals surface area contributed by atoms with Crippen molar-refractivity contribution >= 4 is 49.4 Å².